The van der Waals surface area contributed by atoms with Crippen molar-refractivity contribution in [1.82, 2.24) is 4.90 Å². The molecule has 1 N–H and O–H groups in total. The van der Waals surface area contributed by atoms with Gasteiger partial charge in [-0.2, -0.15) is 0 Å². The van der Waals surface area contributed by atoms with Crippen LogP contribution < -0.4 is 0 Å². The van der Waals surface area contributed by atoms with Crippen LogP contribution in [-0.4, -0.2) is 10.7 Å². The lowest BCUT2D eigenvalue weighted by Crippen LogP contribution is -2.23. The molecule has 1 heterocycles. The first-order chi connectivity index (χ1) is 9.13. The lowest BCUT2D eigenvalue weighted by Gasteiger charge is -2.18. The predicted molar refractivity (Wildman–Crippen MR) is 76.6 cm³/mol. The van der Waals surface area contributed by atoms with Gasteiger partial charge in [0.25, 0.3) is 0 Å². The molecule has 4 heteroatoms. The molecule has 0 saturated heterocycles. The lowest BCUT2D eigenvalue weighted by atomic mass is 10.1. The summed E-state index contributed by atoms with van der Waals surface area (Å²) in [5, 5.41) is 8.13. The summed E-state index contributed by atoms with van der Waals surface area (Å²) in [6.45, 7) is 1.33. The van der Waals surface area contributed by atoms with E-state index in [4.69, 9.17) is 5.41 Å². The Kier molecular flexibility index (Phi) is 3.11. The Balaban J connectivity index is 1.84. The number of rotatable bonds is 2. The third kappa shape index (κ3) is 2.40. The molecular weight excluding hydrogens is 307 g/mol. The summed E-state index contributed by atoms with van der Waals surface area (Å²) in [6.07, 6.45) is 0. The smallest absolute Gasteiger partial charge is 0.129 e. The summed E-state index contributed by atoms with van der Waals surface area (Å²) in [4.78, 5) is 1.95. The van der Waals surface area contributed by atoms with Gasteiger partial charge < -0.3 is 4.90 Å². The number of amidine groups is 1. The molecule has 0 aromatic heterocycles. The summed E-state index contributed by atoms with van der Waals surface area (Å²) >= 11 is 3.44. The van der Waals surface area contributed by atoms with E-state index in [0.29, 0.717) is 24.5 Å². The number of fused-ring (bicyclic) bond motifs is 1. The SMILES string of the molecule is N=C1c2cc(F)ccc2CN1Cc1cccc(Br)c1. The summed E-state index contributed by atoms with van der Waals surface area (Å²) < 4.78 is 14.2. The van der Waals surface area contributed by atoms with Gasteiger partial charge in [-0.1, -0.05) is 34.1 Å². The van der Waals surface area contributed by atoms with Crippen molar-refractivity contribution in [2.45, 2.75) is 13.1 Å². The van der Waals surface area contributed by atoms with Gasteiger partial charge >= 0.3 is 0 Å². The van der Waals surface area contributed by atoms with Crippen LogP contribution in [-0.2, 0) is 13.1 Å². The molecule has 0 bridgehead atoms. The third-order valence-corrected chi connectivity index (χ3v) is 3.76. The second-order valence-electron chi connectivity index (χ2n) is 4.64. The Labute approximate surface area is 119 Å². The van der Waals surface area contributed by atoms with Crippen molar-refractivity contribution in [3.05, 3.63) is 69.4 Å². The number of benzene rings is 2. The van der Waals surface area contributed by atoms with Crippen molar-refractivity contribution in [3.8, 4) is 0 Å². The first-order valence-electron chi connectivity index (χ1n) is 6.00. The number of nitrogens with one attached hydrogen (secondary N) is 1. The fraction of sp³-hybridized carbons (Fsp3) is 0.133. The zero-order valence-electron chi connectivity index (χ0n) is 10.2. The molecule has 19 heavy (non-hydrogen) atoms. The number of hydrogen-bond donors (Lipinski definition) is 1. The van der Waals surface area contributed by atoms with E-state index in [1.807, 2.05) is 29.2 Å². The highest BCUT2D eigenvalue weighted by molar-refractivity contribution is 9.10. The van der Waals surface area contributed by atoms with Crippen molar-refractivity contribution in [3.63, 3.8) is 0 Å². The molecule has 2 aromatic rings. The van der Waals surface area contributed by atoms with Crippen LogP contribution in [0.4, 0.5) is 4.39 Å². The van der Waals surface area contributed by atoms with Crippen LogP contribution in [0.1, 0.15) is 16.7 Å². The minimum Gasteiger partial charge on any atom is -0.348 e. The zero-order chi connectivity index (χ0) is 13.4. The molecular formula is C15H12BrFN2. The van der Waals surface area contributed by atoms with E-state index in [0.717, 1.165) is 15.6 Å². The van der Waals surface area contributed by atoms with Crippen LogP contribution in [0.3, 0.4) is 0 Å². The maximum Gasteiger partial charge on any atom is 0.129 e. The topological polar surface area (TPSA) is 27.1 Å². The first-order valence-corrected chi connectivity index (χ1v) is 6.79. The van der Waals surface area contributed by atoms with Gasteiger partial charge in [0.15, 0.2) is 0 Å². The largest absolute Gasteiger partial charge is 0.348 e. The minimum atomic E-state index is -0.284. The molecule has 0 saturated carbocycles. The number of hydrogen-bond acceptors (Lipinski definition) is 1. The van der Waals surface area contributed by atoms with E-state index in [1.165, 1.54) is 12.1 Å². The van der Waals surface area contributed by atoms with Gasteiger partial charge in [0, 0.05) is 23.1 Å². The third-order valence-electron chi connectivity index (χ3n) is 3.27. The zero-order valence-corrected chi connectivity index (χ0v) is 11.7. The molecule has 3 rings (SSSR count). The molecule has 0 radical (unpaired) electrons. The van der Waals surface area contributed by atoms with Crippen molar-refractivity contribution in [2.75, 3.05) is 0 Å². The summed E-state index contributed by atoms with van der Waals surface area (Å²) in [6, 6.07) is 12.7. The Morgan fingerprint density at radius 1 is 1.21 bits per heavy atom. The Bertz CT molecular complexity index is 654. The van der Waals surface area contributed by atoms with Gasteiger partial charge in [-0.25, -0.2) is 4.39 Å². The van der Waals surface area contributed by atoms with Gasteiger partial charge in [0.1, 0.15) is 11.7 Å². The van der Waals surface area contributed by atoms with E-state index >= 15 is 0 Å². The van der Waals surface area contributed by atoms with Crippen LogP contribution in [0, 0.1) is 11.2 Å². The lowest BCUT2D eigenvalue weighted by molar-refractivity contribution is 0.422. The molecule has 0 fully saturated rings. The fourth-order valence-corrected chi connectivity index (χ4v) is 2.80. The molecule has 0 spiro atoms. The van der Waals surface area contributed by atoms with Crippen molar-refractivity contribution >= 4 is 21.8 Å². The molecule has 2 nitrogen and oxygen atoms in total. The monoisotopic (exact) mass is 318 g/mol. The second kappa shape index (κ2) is 4.78. The summed E-state index contributed by atoms with van der Waals surface area (Å²) in [5.41, 5.74) is 2.85. The van der Waals surface area contributed by atoms with Gasteiger partial charge in [-0.05, 0) is 35.4 Å². The van der Waals surface area contributed by atoms with Crippen LogP contribution in [0.25, 0.3) is 0 Å². The average molecular weight is 319 g/mol. The summed E-state index contributed by atoms with van der Waals surface area (Å²) in [5.74, 6) is 0.113. The summed E-state index contributed by atoms with van der Waals surface area (Å²) in [7, 11) is 0. The average Bonchev–Trinajstić information content (AvgIpc) is 2.67. The quantitative estimate of drug-likeness (QED) is 0.892. The van der Waals surface area contributed by atoms with Gasteiger partial charge in [-0.15, -0.1) is 0 Å². The Morgan fingerprint density at radius 3 is 2.84 bits per heavy atom. The molecule has 1 aliphatic heterocycles. The van der Waals surface area contributed by atoms with E-state index < -0.39 is 0 Å². The van der Waals surface area contributed by atoms with E-state index in [1.54, 1.807) is 6.07 Å². The van der Waals surface area contributed by atoms with Crippen molar-refractivity contribution < 1.29 is 4.39 Å². The highest BCUT2D eigenvalue weighted by Crippen LogP contribution is 2.25. The number of halogens is 2. The number of nitrogens with zero attached hydrogens (tertiary/aromatic N) is 1. The van der Waals surface area contributed by atoms with Crippen molar-refractivity contribution in [2.24, 2.45) is 0 Å². The molecule has 0 amide bonds. The molecule has 0 aliphatic carbocycles. The van der Waals surface area contributed by atoms with E-state index in [-0.39, 0.29) is 5.82 Å². The fourth-order valence-electron chi connectivity index (χ4n) is 2.35. The molecule has 1 aliphatic rings. The second-order valence-corrected chi connectivity index (χ2v) is 5.55. The van der Waals surface area contributed by atoms with Crippen LogP contribution in [0.5, 0.6) is 0 Å². The first kappa shape index (κ1) is 12.4. The van der Waals surface area contributed by atoms with Crippen LogP contribution in [0.2, 0.25) is 0 Å². The maximum absolute atomic E-state index is 13.2. The van der Waals surface area contributed by atoms with Gasteiger partial charge in [0.05, 0.1) is 0 Å². The van der Waals surface area contributed by atoms with Crippen LogP contribution in [0.15, 0.2) is 46.9 Å². The van der Waals surface area contributed by atoms with E-state index in [2.05, 4.69) is 15.9 Å². The molecule has 0 atom stereocenters. The standard InChI is InChI=1S/C15H12BrFN2/c16-12-3-1-2-10(6-12)8-19-9-11-4-5-13(17)7-14(11)15(19)18/h1-7,18H,8-9H2. The molecule has 96 valence electrons. The van der Waals surface area contributed by atoms with E-state index in [9.17, 15) is 4.39 Å². The van der Waals surface area contributed by atoms with Crippen molar-refractivity contribution in [1.29, 1.82) is 5.41 Å². The van der Waals surface area contributed by atoms with Gasteiger partial charge in [0.2, 0.25) is 0 Å². The Hall–Kier alpha value is -1.68. The Morgan fingerprint density at radius 2 is 2.05 bits per heavy atom. The predicted octanol–water partition coefficient (Wildman–Crippen LogP) is 3.93. The molecule has 0 unspecified atom stereocenters. The normalized spacial score (nSPS) is 13.8. The highest BCUT2D eigenvalue weighted by atomic mass is 79.9. The van der Waals surface area contributed by atoms with Crippen LogP contribution >= 0.6 is 15.9 Å². The van der Waals surface area contributed by atoms with Gasteiger partial charge in [-0.3, -0.25) is 5.41 Å². The molecule has 2 aromatic carbocycles. The highest BCUT2D eigenvalue weighted by Gasteiger charge is 2.24. The minimum absolute atomic E-state index is 0.284. The maximum atomic E-state index is 13.2.